The van der Waals surface area contributed by atoms with Gasteiger partial charge in [0.25, 0.3) is 0 Å². The second-order valence-electron chi connectivity index (χ2n) is 4.23. The number of rotatable bonds is 4. The van der Waals surface area contributed by atoms with Gasteiger partial charge in [0.1, 0.15) is 5.75 Å². The molecule has 2 nitrogen and oxygen atoms in total. The van der Waals surface area contributed by atoms with Crippen LogP contribution in [0.15, 0.2) is 48.5 Å². The molecule has 0 unspecified atom stereocenters. The van der Waals surface area contributed by atoms with E-state index in [9.17, 15) is 12.9 Å². The maximum Gasteiger partial charge on any atom is 0.515 e. The van der Waals surface area contributed by atoms with E-state index in [2.05, 4.69) is 4.74 Å². The number of halogens is 3. The van der Waals surface area contributed by atoms with Crippen LogP contribution < -0.4 is 4.74 Å². The molecule has 0 aliphatic heterocycles. The molecule has 0 saturated heterocycles. The Morgan fingerprint density at radius 1 is 0.900 bits per heavy atom. The van der Waals surface area contributed by atoms with E-state index in [0.29, 0.717) is 5.56 Å². The third kappa shape index (κ3) is 3.79. The zero-order chi connectivity index (χ0) is 14.6. The Balaban J connectivity index is 2.09. The summed E-state index contributed by atoms with van der Waals surface area (Å²) >= 11 is 0. The normalized spacial score (nSPS) is 10.9. The van der Waals surface area contributed by atoms with Gasteiger partial charge in [0.15, 0.2) is 0 Å². The first-order chi connectivity index (χ1) is 9.48. The van der Waals surface area contributed by atoms with Crippen molar-refractivity contribution in [2.45, 2.75) is 0 Å². The zero-order valence-electron chi connectivity index (χ0n) is 10.4. The Hall–Kier alpha value is -2.42. The van der Waals surface area contributed by atoms with Gasteiger partial charge in [-0.1, -0.05) is 24.3 Å². The van der Waals surface area contributed by atoms with Crippen LogP contribution in [0.5, 0.6) is 5.75 Å². The Morgan fingerprint density at radius 3 is 1.85 bits per heavy atom. The fraction of sp³-hybridized carbons (Fsp3) is 0.0714. The average Bonchev–Trinajstić information content (AvgIpc) is 2.45. The molecule has 0 N–H and O–H groups in total. The molecule has 102 valence electrons. The van der Waals surface area contributed by atoms with E-state index in [0.717, 1.165) is 11.1 Å². The predicted molar refractivity (Wildman–Crippen MR) is 71.2 cm³/mol. The van der Waals surface area contributed by atoms with Crippen molar-refractivity contribution in [3.8, 4) is 22.9 Å². The molecular weight excluding hydrogens is 266 g/mol. The van der Waals surface area contributed by atoms with E-state index in [1.807, 2.05) is 6.07 Å². The lowest BCUT2D eigenvalue weighted by molar-refractivity contribution is 0.313. The van der Waals surface area contributed by atoms with Crippen molar-refractivity contribution in [2.24, 2.45) is 0 Å². The highest BCUT2D eigenvalue weighted by Crippen LogP contribution is 2.23. The van der Waals surface area contributed by atoms with Gasteiger partial charge >= 0.3 is 6.98 Å². The summed E-state index contributed by atoms with van der Waals surface area (Å²) in [5, 5.41) is 8.70. The molecule has 0 fully saturated rings. The van der Waals surface area contributed by atoms with Crippen LogP contribution in [0, 0.1) is 11.3 Å². The Labute approximate surface area is 114 Å². The maximum atomic E-state index is 12.1. The summed E-state index contributed by atoms with van der Waals surface area (Å²) in [5.74, 6) is 0.182. The summed E-state index contributed by atoms with van der Waals surface area (Å²) in [5.41, 5.74) is 2.29. The number of nitriles is 1. The zero-order valence-corrected chi connectivity index (χ0v) is 10.4. The first-order valence-corrected chi connectivity index (χ1v) is 5.92. The van der Waals surface area contributed by atoms with E-state index in [1.165, 1.54) is 12.1 Å². The highest BCUT2D eigenvalue weighted by atomic mass is 19.4. The summed E-state index contributed by atoms with van der Waals surface area (Å²) in [6, 6.07) is 15.3. The summed E-state index contributed by atoms with van der Waals surface area (Å²) in [6.07, 6.45) is 0. The SMILES string of the molecule is N#Cc1ccc(-c2ccc(OC[B-](F)(F)F)cc2)cc1. The van der Waals surface area contributed by atoms with Crippen LogP contribution in [0.2, 0.25) is 0 Å². The molecule has 0 amide bonds. The summed E-state index contributed by atoms with van der Waals surface area (Å²) in [6.45, 7) is -6.18. The first kappa shape index (κ1) is 14.0. The van der Waals surface area contributed by atoms with Crippen molar-refractivity contribution in [3.05, 3.63) is 54.1 Å². The highest BCUT2D eigenvalue weighted by molar-refractivity contribution is 6.58. The van der Waals surface area contributed by atoms with Gasteiger partial charge in [-0.15, -0.1) is 0 Å². The van der Waals surface area contributed by atoms with Crippen molar-refractivity contribution >= 4 is 6.98 Å². The van der Waals surface area contributed by atoms with Gasteiger partial charge in [-0.3, -0.25) is 0 Å². The molecule has 0 aromatic heterocycles. The minimum atomic E-state index is -4.94. The number of hydrogen-bond donors (Lipinski definition) is 0. The van der Waals surface area contributed by atoms with Gasteiger partial charge in [-0.2, -0.15) is 5.26 Å². The molecule has 0 radical (unpaired) electrons. The van der Waals surface area contributed by atoms with Gasteiger partial charge in [0, 0.05) is 0 Å². The maximum absolute atomic E-state index is 12.1. The lowest BCUT2D eigenvalue weighted by Gasteiger charge is -2.15. The molecular formula is C14H10BF3NO-. The topological polar surface area (TPSA) is 33.0 Å². The molecule has 2 aromatic rings. The molecule has 2 rings (SSSR count). The number of benzene rings is 2. The third-order valence-electron chi connectivity index (χ3n) is 2.64. The van der Waals surface area contributed by atoms with Crippen molar-refractivity contribution in [3.63, 3.8) is 0 Å². The summed E-state index contributed by atoms with van der Waals surface area (Å²) in [4.78, 5) is 0. The van der Waals surface area contributed by atoms with Gasteiger partial charge in [-0.05, 0) is 35.4 Å². The van der Waals surface area contributed by atoms with Crippen molar-refractivity contribution in [1.82, 2.24) is 0 Å². The van der Waals surface area contributed by atoms with E-state index < -0.39 is 13.5 Å². The minimum absolute atomic E-state index is 0.182. The van der Waals surface area contributed by atoms with Crippen LogP contribution in [0.1, 0.15) is 5.56 Å². The minimum Gasteiger partial charge on any atom is -0.522 e. The second kappa shape index (κ2) is 5.70. The van der Waals surface area contributed by atoms with E-state index >= 15 is 0 Å². The van der Waals surface area contributed by atoms with Crippen LogP contribution in [0.3, 0.4) is 0 Å². The summed E-state index contributed by atoms with van der Waals surface area (Å²) in [7, 11) is 0. The second-order valence-corrected chi connectivity index (χ2v) is 4.23. The predicted octanol–water partition coefficient (Wildman–Crippen LogP) is 3.99. The van der Waals surface area contributed by atoms with Crippen LogP contribution in [-0.2, 0) is 0 Å². The van der Waals surface area contributed by atoms with Gasteiger partial charge in [0.05, 0.1) is 18.1 Å². The van der Waals surface area contributed by atoms with E-state index in [-0.39, 0.29) is 5.75 Å². The molecule has 0 aliphatic rings. The average molecular weight is 276 g/mol. The van der Waals surface area contributed by atoms with Crippen molar-refractivity contribution in [2.75, 3.05) is 6.51 Å². The molecule has 0 heterocycles. The third-order valence-corrected chi connectivity index (χ3v) is 2.64. The molecule has 0 spiro atoms. The Morgan fingerprint density at radius 2 is 1.40 bits per heavy atom. The fourth-order valence-corrected chi connectivity index (χ4v) is 1.67. The van der Waals surface area contributed by atoms with Gasteiger partial charge < -0.3 is 17.7 Å². The molecule has 20 heavy (non-hydrogen) atoms. The molecule has 0 atom stereocenters. The summed E-state index contributed by atoms with van der Waals surface area (Å²) < 4.78 is 40.9. The molecule has 6 heteroatoms. The lowest BCUT2D eigenvalue weighted by atomic mass is 9.95. The van der Waals surface area contributed by atoms with Crippen LogP contribution in [-0.4, -0.2) is 13.5 Å². The smallest absolute Gasteiger partial charge is 0.515 e. The van der Waals surface area contributed by atoms with Crippen LogP contribution in [0.25, 0.3) is 11.1 Å². The van der Waals surface area contributed by atoms with Gasteiger partial charge in [0.2, 0.25) is 0 Å². The standard InChI is InChI=1S/C14H10BF3NO/c16-15(17,18)10-20-14-7-5-13(6-8-14)12-3-1-11(9-19)2-4-12/h1-8H,10H2/q-1. The van der Waals surface area contributed by atoms with E-state index in [4.69, 9.17) is 5.26 Å². The molecule has 0 bridgehead atoms. The van der Waals surface area contributed by atoms with Crippen LogP contribution in [0.4, 0.5) is 12.9 Å². The van der Waals surface area contributed by atoms with E-state index in [1.54, 1.807) is 36.4 Å². The quantitative estimate of drug-likeness (QED) is 0.791. The molecule has 2 aromatic carbocycles. The van der Waals surface area contributed by atoms with Crippen LogP contribution >= 0.6 is 0 Å². The lowest BCUT2D eigenvalue weighted by Crippen LogP contribution is -2.26. The largest absolute Gasteiger partial charge is 0.522 e. The monoisotopic (exact) mass is 276 g/mol. The Kier molecular flexibility index (Phi) is 3.99. The molecule has 0 saturated carbocycles. The van der Waals surface area contributed by atoms with Crippen molar-refractivity contribution < 1.29 is 17.7 Å². The first-order valence-electron chi connectivity index (χ1n) is 5.92. The Bertz CT molecular complexity index is 615. The van der Waals surface area contributed by atoms with Crippen molar-refractivity contribution in [1.29, 1.82) is 5.26 Å². The van der Waals surface area contributed by atoms with Gasteiger partial charge in [-0.25, -0.2) is 0 Å². The number of ether oxygens (including phenoxy) is 1. The highest BCUT2D eigenvalue weighted by Gasteiger charge is 2.24. The molecule has 0 aliphatic carbocycles. The fourth-order valence-electron chi connectivity index (χ4n) is 1.67. The number of hydrogen-bond acceptors (Lipinski definition) is 2. The number of nitrogens with zero attached hydrogens (tertiary/aromatic N) is 1.